The standard InChI is InChI=1S/C17H29NO2/c1-4-5-6-11-20-16-9-7-15(8-10-16)12-18-13-17(2,3)14-19/h7-10,18-19H,4-6,11-14H2,1-3H3. The van der Waals surface area contributed by atoms with E-state index in [9.17, 15) is 5.11 Å². The topological polar surface area (TPSA) is 41.5 Å². The van der Waals surface area contributed by atoms with E-state index in [2.05, 4.69) is 24.4 Å². The van der Waals surface area contributed by atoms with Gasteiger partial charge in [0.15, 0.2) is 0 Å². The minimum Gasteiger partial charge on any atom is -0.494 e. The van der Waals surface area contributed by atoms with Crippen LogP contribution < -0.4 is 10.1 Å². The van der Waals surface area contributed by atoms with Crippen LogP contribution in [0.1, 0.15) is 45.6 Å². The van der Waals surface area contributed by atoms with Gasteiger partial charge in [0.25, 0.3) is 0 Å². The summed E-state index contributed by atoms with van der Waals surface area (Å²) in [6.45, 7) is 8.92. The lowest BCUT2D eigenvalue weighted by atomic mass is 9.95. The van der Waals surface area contributed by atoms with Crippen molar-refractivity contribution in [2.24, 2.45) is 5.41 Å². The number of aliphatic hydroxyl groups excluding tert-OH is 1. The molecule has 0 aliphatic rings. The normalized spacial score (nSPS) is 11.6. The first-order valence-electron chi connectivity index (χ1n) is 7.61. The Morgan fingerprint density at radius 1 is 1.15 bits per heavy atom. The molecule has 0 atom stereocenters. The fourth-order valence-corrected chi connectivity index (χ4v) is 1.85. The molecule has 1 aromatic carbocycles. The monoisotopic (exact) mass is 279 g/mol. The summed E-state index contributed by atoms with van der Waals surface area (Å²) in [7, 11) is 0. The molecule has 0 aliphatic carbocycles. The van der Waals surface area contributed by atoms with Crippen LogP contribution in [0.4, 0.5) is 0 Å². The maximum Gasteiger partial charge on any atom is 0.119 e. The zero-order valence-corrected chi connectivity index (χ0v) is 13.1. The van der Waals surface area contributed by atoms with E-state index in [1.165, 1.54) is 18.4 Å². The van der Waals surface area contributed by atoms with E-state index in [1.54, 1.807) is 0 Å². The van der Waals surface area contributed by atoms with Crippen molar-refractivity contribution in [3.63, 3.8) is 0 Å². The molecule has 2 N–H and O–H groups in total. The third-order valence-electron chi connectivity index (χ3n) is 3.30. The van der Waals surface area contributed by atoms with Crippen molar-refractivity contribution in [3.8, 4) is 5.75 Å². The molecule has 20 heavy (non-hydrogen) atoms. The van der Waals surface area contributed by atoms with E-state index in [-0.39, 0.29) is 12.0 Å². The minimum absolute atomic E-state index is 0.0671. The van der Waals surface area contributed by atoms with Crippen molar-refractivity contribution >= 4 is 0 Å². The fraction of sp³-hybridized carbons (Fsp3) is 0.647. The van der Waals surface area contributed by atoms with Crippen LogP contribution in [0.5, 0.6) is 5.75 Å². The smallest absolute Gasteiger partial charge is 0.119 e. The number of benzene rings is 1. The van der Waals surface area contributed by atoms with Crippen LogP contribution in [-0.4, -0.2) is 24.9 Å². The SMILES string of the molecule is CCCCCOc1ccc(CNCC(C)(C)CO)cc1. The number of rotatable bonds is 10. The van der Waals surface area contributed by atoms with Crippen molar-refractivity contribution in [1.82, 2.24) is 5.32 Å². The highest BCUT2D eigenvalue weighted by atomic mass is 16.5. The van der Waals surface area contributed by atoms with E-state index in [0.717, 1.165) is 31.9 Å². The highest BCUT2D eigenvalue weighted by molar-refractivity contribution is 5.27. The van der Waals surface area contributed by atoms with Gasteiger partial charge in [0, 0.05) is 25.1 Å². The molecule has 0 saturated heterocycles. The van der Waals surface area contributed by atoms with Crippen molar-refractivity contribution in [1.29, 1.82) is 0 Å². The summed E-state index contributed by atoms with van der Waals surface area (Å²) in [6, 6.07) is 8.24. The van der Waals surface area contributed by atoms with Gasteiger partial charge in [-0.2, -0.15) is 0 Å². The number of nitrogens with one attached hydrogen (secondary N) is 1. The summed E-state index contributed by atoms with van der Waals surface area (Å²) in [5, 5.41) is 12.6. The molecule has 114 valence electrons. The van der Waals surface area contributed by atoms with Crippen LogP contribution in [0.15, 0.2) is 24.3 Å². The Balaban J connectivity index is 2.28. The van der Waals surface area contributed by atoms with Crippen LogP contribution in [0, 0.1) is 5.41 Å². The quantitative estimate of drug-likeness (QED) is 0.645. The Labute approximate surface area is 123 Å². The highest BCUT2D eigenvalue weighted by Gasteiger charge is 2.15. The third kappa shape index (κ3) is 6.92. The Morgan fingerprint density at radius 3 is 2.45 bits per heavy atom. The fourth-order valence-electron chi connectivity index (χ4n) is 1.85. The van der Waals surface area contributed by atoms with Gasteiger partial charge in [-0.1, -0.05) is 45.7 Å². The lowest BCUT2D eigenvalue weighted by Gasteiger charge is -2.21. The molecule has 0 fully saturated rings. The second kappa shape index (κ2) is 8.98. The van der Waals surface area contributed by atoms with Gasteiger partial charge in [-0.25, -0.2) is 0 Å². The van der Waals surface area contributed by atoms with Gasteiger partial charge in [-0.3, -0.25) is 0 Å². The van der Waals surface area contributed by atoms with Crippen molar-refractivity contribution < 1.29 is 9.84 Å². The second-order valence-corrected chi connectivity index (χ2v) is 6.13. The first-order valence-corrected chi connectivity index (χ1v) is 7.61. The molecular formula is C17H29NO2. The Hall–Kier alpha value is -1.06. The summed E-state index contributed by atoms with van der Waals surface area (Å²) < 4.78 is 5.69. The van der Waals surface area contributed by atoms with Gasteiger partial charge in [-0.05, 0) is 24.1 Å². The lowest BCUT2D eigenvalue weighted by Crippen LogP contribution is -2.31. The van der Waals surface area contributed by atoms with E-state index in [0.29, 0.717) is 0 Å². The summed E-state index contributed by atoms with van der Waals surface area (Å²) in [5.74, 6) is 0.945. The number of hydrogen-bond acceptors (Lipinski definition) is 3. The van der Waals surface area contributed by atoms with E-state index in [1.807, 2.05) is 26.0 Å². The number of aliphatic hydroxyl groups is 1. The maximum absolute atomic E-state index is 9.19. The molecule has 0 amide bonds. The third-order valence-corrected chi connectivity index (χ3v) is 3.30. The van der Waals surface area contributed by atoms with Gasteiger partial charge in [0.1, 0.15) is 5.75 Å². The summed E-state index contributed by atoms with van der Waals surface area (Å²) in [6.07, 6.45) is 3.57. The van der Waals surface area contributed by atoms with E-state index >= 15 is 0 Å². The van der Waals surface area contributed by atoms with Crippen LogP contribution in [-0.2, 0) is 6.54 Å². The molecule has 0 unspecified atom stereocenters. The van der Waals surface area contributed by atoms with Crippen LogP contribution in [0.3, 0.4) is 0 Å². The first-order chi connectivity index (χ1) is 9.57. The zero-order valence-electron chi connectivity index (χ0n) is 13.1. The van der Waals surface area contributed by atoms with Gasteiger partial charge in [0.2, 0.25) is 0 Å². The lowest BCUT2D eigenvalue weighted by molar-refractivity contribution is 0.156. The maximum atomic E-state index is 9.19. The molecule has 0 radical (unpaired) electrons. The van der Waals surface area contributed by atoms with Crippen LogP contribution in [0.2, 0.25) is 0 Å². The predicted octanol–water partition coefficient (Wildman–Crippen LogP) is 3.36. The molecule has 0 aromatic heterocycles. The molecule has 3 heteroatoms. The second-order valence-electron chi connectivity index (χ2n) is 6.13. The zero-order chi connectivity index (χ0) is 14.8. The van der Waals surface area contributed by atoms with Gasteiger partial charge >= 0.3 is 0 Å². The molecule has 0 saturated carbocycles. The molecule has 0 heterocycles. The number of unbranched alkanes of at least 4 members (excludes halogenated alkanes) is 2. The summed E-state index contributed by atoms with van der Waals surface area (Å²) in [5.41, 5.74) is 1.17. The summed E-state index contributed by atoms with van der Waals surface area (Å²) in [4.78, 5) is 0. The molecule has 0 spiro atoms. The van der Waals surface area contributed by atoms with Crippen LogP contribution >= 0.6 is 0 Å². The molecule has 3 nitrogen and oxygen atoms in total. The van der Waals surface area contributed by atoms with Crippen molar-refractivity contribution in [2.75, 3.05) is 19.8 Å². The van der Waals surface area contributed by atoms with E-state index in [4.69, 9.17) is 4.74 Å². The van der Waals surface area contributed by atoms with E-state index < -0.39 is 0 Å². The Kier molecular flexibility index (Phi) is 7.63. The van der Waals surface area contributed by atoms with Gasteiger partial charge in [-0.15, -0.1) is 0 Å². The molecular weight excluding hydrogens is 250 g/mol. The number of hydrogen-bond donors (Lipinski definition) is 2. The van der Waals surface area contributed by atoms with Gasteiger partial charge in [0.05, 0.1) is 6.61 Å². The first kappa shape index (κ1) is 17.0. The minimum atomic E-state index is -0.0671. The highest BCUT2D eigenvalue weighted by Crippen LogP contribution is 2.14. The Bertz CT molecular complexity index is 360. The molecule has 0 bridgehead atoms. The van der Waals surface area contributed by atoms with Crippen molar-refractivity contribution in [3.05, 3.63) is 29.8 Å². The van der Waals surface area contributed by atoms with Crippen LogP contribution in [0.25, 0.3) is 0 Å². The largest absolute Gasteiger partial charge is 0.494 e. The average molecular weight is 279 g/mol. The van der Waals surface area contributed by atoms with Gasteiger partial charge < -0.3 is 15.2 Å². The molecule has 1 aromatic rings. The summed E-state index contributed by atoms with van der Waals surface area (Å²) >= 11 is 0. The Morgan fingerprint density at radius 2 is 1.85 bits per heavy atom. The van der Waals surface area contributed by atoms with Crippen molar-refractivity contribution in [2.45, 2.75) is 46.6 Å². The number of ether oxygens (including phenoxy) is 1. The molecule has 1 rings (SSSR count). The molecule has 0 aliphatic heterocycles. The average Bonchev–Trinajstić information content (AvgIpc) is 2.45. The predicted molar refractivity (Wildman–Crippen MR) is 84.0 cm³/mol.